The number of rotatable bonds is 5. The summed E-state index contributed by atoms with van der Waals surface area (Å²) in [6.07, 6.45) is 10.1. The summed E-state index contributed by atoms with van der Waals surface area (Å²) in [7, 11) is 1.46. The monoisotopic (exact) mass is 404 g/mol. The van der Waals surface area contributed by atoms with Gasteiger partial charge < -0.3 is 24.8 Å². The van der Waals surface area contributed by atoms with Crippen LogP contribution in [0.2, 0.25) is 0 Å². The lowest BCUT2D eigenvalue weighted by Gasteiger charge is -2.52. The van der Waals surface area contributed by atoms with E-state index in [0.717, 1.165) is 25.8 Å². The molecular weight excluding hydrogens is 372 g/mol. The number of aliphatic hydroxyl groups excluding tert-OH is 1. The average molecular weight is 405 g/mol. The SMILES string of the molecule is C=CCOC(=O)N1CC[C@H]2C(=O)C=C(OC)[C@@H](O)[C@@]2(C[C@@H]2/C=C\CCCCN2)C1. The molecule has 0 aromatic heterocycles. The highest BCUT2D eigenvalue weighted by Gasteiger charge is 2.56. The average Bonchev–Trinajstić information content (AvgIpc) is 2.70. The van der Waals surface area contributed by atoms with Crippen LogP contribution in [0.3, 0.4) is 0 Å². The van der Waals surface area contributed by atoms with Crippen molar-refractivity contribution in [2.45, 2.75) is 44.2 Å². The molecule has 1 aliphatic carbocycles. The summed E-state index contributed by atoms with van der Waals surface area (Å²) in [5, 5.41) is 14.8. The van der Waals surface area contributed by atoms with Gasteiger partial charge in [0.05, 0.1) is 7.11 Å². The second kappa shape index (κ2) is 9.59. The van der Waals surface area contributed by atoms with Crippen molar-refractivity contribution in [1.29, 1.82) is 0 Å². The Labute approximate surface area is 172 Å². The van der Waals surface area contributed by atoms with Gasteiger partial charge in [0.15, 0.2) is 5.78 Å². The Morgan fingerprint density at radius 3 is 3.07 bits per heavy atom. The molecule has 1 saturated heterocycles. The second-order valence-electron chi connectivity index (χ2n) is 8.11. The summed E-state index contributed by atoms with van der Waals surface area (Å²) in [6, 6.07) is 0.0144. The lowest BCUT2D eigenvalue weighted by molar-refractivity contribution is -0.139. The molecular formula is C22H32N2O5. The highest BCUT2D eigenvalue weighted by Crippen LogP contribution is 2.48. The number of piperidine rings is 1. The number of ketones is 1. The van der Waals surface area contributed by atoms with Gasteiger partial charge in [-0.05, 0) is 38.6 Å². The van der Waals surface area contributed by atoms with Crippen LogP contribution in [0.15, 0.2) is 36.6 Å². The molecule has 2 aliphatic heterocycles. The molecule has 4 atom stereocenters. The van der Waals surface area contributed by atoms with E-state index >= 15 is 0 Å². The van der Waals surface area contributed by atoms with Gasteiger partial charge in [0.25, 0.3) is 0 Å². The number of nitrogens with zero attached hydrogens (tertiary/aromatic N) is 1. The maximum atomic E-state index is 12.9. The molecule has 2 heterocycles. The molecule has 29 heavy (non-hydrogen) atoms. The maximum absolute atomic E-state index is 12.9. The normalized spacial score (nSPS) is 33.6. The zero-order chi connectivity index (χ0) is 20.9. The molecule has 0 spiro atoms. The van der Waals surface area contributed by atoms with Gasteiger partial charge in [0.1, 0.15) is 18.5 Å². The van der Waals surface area contributed by atoms with E-state index in [-0.39, 0.29) is 36.7 Å². The number of carbonyl (C=O) groups excluding carboxylic acids is 2. The van der Waals surface area contributed by atoms with Gasteiger partial charge in [0, 0.05) is 36.5 Å². The third-order valence-electron chi connectivity index (χ3n) is 6.30. The lowest BCUT2D eigenvalue weighted by atomic mass is 9.59. The van der Waals surface area contributed by atoms with E-state index in [2.05, 4.69) is 24.0 Å². The topological polar surface area (TPSA) is 88.1 Å². The molecule has 7 heteroatoms. The Morgan fingerprint density at radius 1 is 1.48 bits per heavy atom. The minimum absolute atomic E-state index is 0.0144. The molecule has 2 N–H and O–H groups in total. The van der Waals surface area contributed by atoms with Gasteiger partial charge in [-0.1, -0.05) is 24.8 Å². The fourth-order valence-corrected chi connectivity index (χ4v) is 4.84. The van der Waals surface area contributed by atoms with Crippen LogP contribution in [0.5, 0.6) is 0 Å². The Hall–Kier alpha value is -2.12. The predicted octanol–water partition coefficient (Wildman–Crippen LogP) is 2.18. The van der Waals surface area contributed by atoms with Crippen LogP contribution in [0.4, 0.5) is 4.79 Å². The number of methoxy groups -OCH3 is 1. The van der Waals surface area contributed by atoms with Crippen molar-refractivity contribution >= 4 is 11.9 Å². The smallest absolute Gasteiger partial charge is 0.410 e. The summed E-state index contributed by atoms with van der Waals surface area (Å²) in [4.78, 5) is 27.0. The number of hydrogen-bond donors (Lipinski definition) is 2. The van der Waals surface area contributed by atoms with E-state index < -0.39 is 17.6 Å². The number of allylic oxidation sites excluding steroid dienone is 2. The molecule has 1 fully saturated rings. The zero-order valence-electron chi connectivity index (χ0n) is 17.1. The number of aliphatic hydroxyl groups is 1. The third-order valence-corrected chi connectivity index (χ3v) is 6.30. The Morgan fingerprint density at radius 2 is 2.31 bits per heavy atom. The number of hydrogen-bond acceptors (Lipinski definition) is 6. The molecule has 0 aromatic carbocycles. The highest BCUT2D eigenvalue weighted by atomic mass is 16.6. The number of amides is 1. The maximum Gasteiger partial charge on any atom is 0.410 e. The summed E-state index contributed by atoms with van der Waals surface area (Å²) in [6.45, 7) is 5.25. The van der Waals surface area contributed by atoms with Gasteiger partial charge in [0.2, 0.25) is 0 Å². The van der Waals surface area contributed by atoms with Crippen molar-refractivity contribution in [3.05, 3.63) is 36.6 Å². The third kappa shape index (κ3) is 4.56. The number of fused-ring (bicyclic) bond motifs is 1. The van der Waals surface area contributed by atoms with Crippen molar-refractivity contribution in [2.75, 3.05) is 33.4 Å². The Balaban J connectivity index is 1.92. The van der Waals surface area contributed by atoms with Crippen molar-refractivity contribution in [3.8, 4) is 0 Å². The molecule has 0 saturated carbocycles. The molecule has 3 aliphatic rings. The van der Waals surface area contributed by atoms with Gasteiger partial charge in [-0.15, -0.1) is 0 Å². The quantitative estimate of drug-likeness (QED) is 0.683. The van der Waals surface area contributed by atoms with Crippen LogP contribution in [0.25, 0.3) is 0 Å². The van der Waals surface area contributed by atoms with E-state index in [1.54, 1.807) is 4.90 Å². The fraction of sp³-hybridized carbons (Fsp3) is 0.636. The summed E-state index contributed by atoms with van der Waals surface area (Å²) >= 11 is 0. The van der Waals surface area contributed by atoms with Gasteiger partial charge in [-0.3, -0.25) is 4.79 Å². The van der Waals surface area contributed by atoms with E-state index in [1.807, 2.05) is 0 Å². The number of ether oxygens (including phenoxy) is 2. The Kier molecular flexibility index (Phi) is 7.14. The van der Waals surface area contributed by atoms with Crippen LogP contribution in [-0.4, -0.2) is 67.4 Å². The first kappa shape index (κ1) is 21.6. The number of likely N-dealkylation sites (tertiary alicyclic amines) is 1. The molecule has 1 amide bonds. The fourth-order valence-electron chi connectivity index (χ4n) is 4.84. The van der Waals surface area contributed by atoms with Gasteiger partial charge >= 0.3 is 6.09 Å². The van der Waals surface area contributed by atoms with Crippen LogP contribution in [-0.2, 0) is 14.3 Å². The molecule has 0 aromatic rings. The minimum Gasteiger partial charge on any atom is -0.498 e. The second-order valence-corrected chi connectivity index (χ2v) is 8.11. The molecule has 0 unspecified atom stereocenters. The number of nitrogens with one attached hydrogen (secondary N) is 1. The Bertz CT molecular complexity index is 689. The van der Waals surface area contributed by atoms with Crippen molar-refractivity contribution in [2.24, 2.45) is 11.3 Å². The van der Waals surface area contributed by atoms with Crippen LogP contribution in [0, 0.1) is 11.3 Å². The molecule has 0 radical (unpaired) electrons. The van der Waals surface area contributed by atoms with Gasteiger partial charge in [-0.2, -0.15) is 0 Å². The predicted molar refractivity (Wildman–Crippen MR) is 109 cm³/mol. The minimum atomic E-state index is -0.967. The van der Waals surface area contributed by atoms with Gasteiger partial charge in [-0.25, -0.2) is 4.79 Å². The van der Waals surface area contributed by atoms with Crippen molar-refractivity contribution < 1.29 is 24.2 Å². The molecule has 160 valence electrons. The lowest BCUT2D eigenvalue weighted by Crippen LogP contribution is -2.61. The van der Waals surface area contributed by atoms with Crippen LogP contribution in [0.1, 0.15) is 32.1 Å². The summed E-state index contributed by atoms with van der Waals surface area (Å²) in [5.74, 6) is -0.135. The van der Waals surface area contributed by atoms with E-state index in [4.69, 9.17) is 9.47 Å². The highest BCUT2D eigenvalue weighted by molar-refractivity contribution is 5.94. The molecule has 0 bridgehead atoms. The number of carbonyl (C=O) groups is 2. The molecule has 7 nitrogen and oxygen atoms in total. The van der Waals surface area contributed by atoms with Crippen LogP contribution >= 0.6 is 0 Å². The first-order chi connectivity index (χ1) is 14.0. The van der Waals surface area contributed by atoms with Crippen molar-refractivity contribution in [3.63, 3.8) is 0 Å². The summed E-state index contributed by atoms with van der Waals surface area (Å²) < 4.78 is 10.6. The van der Waals surface area contributed by atoms with E-state index in [1.165, 1.54) is 19.3 Å². The summed E-state index contributed by atoms with van der Waals surface area (Å²) in [5.41, 5.74) is -0.830. The first-order valence-corrected chi connectivity index (χ1v) is 10.4. The largest absolute Gasteiger partial charge is 0.498 e. The van der Waals surface area contributed by atoms with Crippen molar-refractivity contribution in [1.82, 2.24) is 10.2 Å². The standard InChI is InChI=1S/C22H32N2O5/c1-3-12-29-21(27)24-11-9-17-18(25)13-19(28-2)20(26)22(17,15-24)14-16-8-6-4-5-7-10-23-16/h3,6,8,13,16-17,20,23,26H,1,4-5,7,9-12,14-15H2,2H3/b8-6-/t16-,17-,20+,22-/m0/s1. The van der Waals surface area contributed by atoms with E-state index in [0.29, 0.717) is 19.4 Å². The zero-order valence-corrected chi connectivity index (χ0v) is 17.1. The first-order valence-electron chi connectivity index (χ1n) is 10.4. The van der Waals surface area contributed by atoms with Crippen LogP contribution < -0.4 is 5.32 Å². The molecule has 3 rings (SSSR count). The van der Waals surface area contributed by atoms with E-state index in [9.17, 15) is 14.7 Å².